The van der Waals surface area contributed by atoms with Crippen LogP contribution < -0.4 is 10.5 Å². The summed E-state index contributed by atoms with van der Waals surface area (Å²) in [5, 5.41) is 8.10. The second kappa shape index (κ2) is 5.21. The summed E-state index contributed by atoms with van der Waals surface area (Å²) >= 11 is 0. The Bertz CT molecular complexity index is 613. The minimum Gasteiger partial charge on any atom is -0.346 e. The summed E-state index contributed by atoms with van der Waals surface area (Å²) in [5.41, 5.74) is 0.0993. The topological polar surface area (TPSA) is 94.2 Å². The second-order valence-corrected chi connectivity index (χ2v) is 7.35. The lowest BCUT2D eigenvalue weighted by Gasteiger charge is -2.34. The molecule has 0 saturated heterocycles. The molecule has 1 aliphatic carbocycles. The van der Waals surface area contributed by atoms with Gasteiger partial charge in [-0.1, -0.05) is 19.3 Å². The Hall–Kier alpha value is -1.34. The van der Waals surface area contributed by atoms with Gasteiger partial charge in [0, 0.05) is 18.8 Å². The van der Waals surface area contributed by atoms with Crippen LogP contribution in [0.3, 0.4) is 0 Å². The van der Waals surface area contributed by atoms with Gasteiger partial charge in [-0.15, -0.1) is 0 Å². The van der Waals surface area contributed by atoms with Gasteiger partial charge in [0.1, 0.15) is 10.6 Å². The number of hydrogen-bond acceptors (Lipinski definition) is 3. The van der Waals surface area contributed by atoms with E-state index in [1.54, 1.807) is 7.05 Å². The van der Waals surface area contributed by atoms with Crippen LogP contribution in [0.25, 0.3) is 0 Å². The first kappa shape index (κ1) is 15.1. The third-order valence-electron chi connectivity index (χ3n) is 3.91. The molecule has 1 fully saturated rings. The van der Waals surface area contributed by atoms with Gasteiger partial charge < -0.3 is 9.88 Å². The van der Waals surface area contributed by atoms with Crippen molar-refractivity contribution in [3.63, 3.8) is 0 Å². The molecule has 3 N–H and O–H groups in total. The van der Waals surface area contributed by atoms with Crippen LogP contribution in [0.4, 0.5) is 0 Å². The number of sulfonamides is 1. The maximum Gasteiger partial charge on any atom is 0.268 e. The van der Waals surface area contributed by atoms with Crippen molar-refractivity contribution in [2.75, 3.05) is 0 Å². The fraction of sp³-hybridized carbons (Fsp3) is 0.615. The molecule has 2 rings (SSSR count). The number of nitrogens with zero attached hydrogens (tertiary/aromatic N) is 1. The highest BCUT2D eigenvalue weighted by molar-refractivity contribution is 7.89. The molecule has 1 saturated carbocycles. The first-order chi connectivity index (χ1) is 9.21. The van der Waals surface area contributed by atoms with E-state index >= 15 is 0 Å². The van der Waals surface area contributed by atoms with Gasteiger partial charge in [0.15, 0.2) is 0 Å². The molecule has 1 heterocycles. The molecule has 7 heteroatoms. The van der Waals surface area contributed by atoms with E-state index in [4.69, 9.17) is 5.14 Å². The van der Waals surface area contributed by atoms with Crippen LogP contribution >= 0.6 is 0 Å². The van der Waals surface area contributed by atoms with E-state index in [1.165, 1.54) is 23.3 Å². The highest BCUT2D eigenvalue weighted by Gasteiger charge is 2.29. The van der Waals surface area contributed by atoms with Crippen LogP contribution in [-0.4, -0.2) is 24.4 Å². The lowest BCUT2D eigenvalue weighted by atomic mass is 9.83. The summed E-state index contributed by atoms with van der Waals surface area (Å²) in [4.78, 5) is 12.3. The fourth-order valence-electron chi connectivity index (χ4n) is 2.71. The largest absolute Gasteiger partial charge is 0.346 e. The summed E-state index contributed by atoms with van der Waals surface area (Å²) in [6.45, 7) is 2.04. The predicted octanol–water partition coefficient (Wildman–Crippen LogP) is 1.13. The van der Waals surface area contributed by atoms with Gasteiger partial charge in [-0.05, 0) is 25.8 Å². The zero-order valence-corrected chi connectivity index (χ0v) is 12.7. The molecule has 0 bridgehead atoms. The number of amides is 1. The molecule has 0 unspecified atom stereocenters. The van der Waals surface area contributed by atoms with Crippen molar-refractivity contribution in [2.24, 2.45) is 12.2 Å². The highest BCUT2D eigenvalue weighted by atomic mass is 32.2. The number of primary sulfonamides is 1. The number of rotatable bonds is 3. The van der Waals surface area contributed by atoms with Crippen molar-refractivity contribution in [1.82, 2.24) is 9.88 Å². The van der Waals surface area contributed by atoms with Gasteiger partial charge in [0.2, 0.25) is 10.0 Å². The maximum absolute atomic E-state index is 12.3. The average molecular weight is 299 g/mol. The highest BCUT2D eigenvalue weighted by Crippen LogP contribution is 2.28. The van der Waals surface area contributed by atoms with E-state index in [-0.39, 0.29) is 16.3 Å². The van der Waals surface area contributed by atoms with E-state index in [0.717, 1.165) is 25.7 Å². The Kier molecular flexibility index (Phi) is 3.93. The molecule has 0 atom stereocenters. The van der Waals surface area contributed by atoms with Crippen LogP contribution in [0.1, 0.15) is 49.5 Å². The van der Waals surface area contributed by atoms with Crippen LogP contribution in [0, 0.1) is 0 Å². The predicted molar refractivity (Wildman–Crippen MR) is 75.7 cm³/mol. The number of nitrogens with two attached hydrogens (primary N) is 1. The molecule has 0 aliphatic heterocycles. The van der Waals surface area contributed by atoms with Crippen molar-refractivity contribution < 1.29 is 13.2 Å². The Morgan fingerprint density at radius 1 is 1.35 bits per heavy atom. The Morgan fingerprint density at radius 2 is 1.95 bits per heavy atom. The first-order valence-electron chi connectivity index (χ1n) is 6.73. The molecular formula is C13H21N3O3S. The van der Waals surface area contributed by atoms with Crippen molar-refractivity contribution >= 4 is 15.9 Å². The van der Waals surface area contributed by atoms with Crippen LogP contribution in [0.5, 0.6) is 0 Å². The molecule has 112 valence electrons. The molecule has 0 radical (unpaired) electrons. The zero-order chi connectivity index (χ0) is 15.0. The number of hydrogen-bond donors (Lipinski definition) is 2. The number of carbonyl (C=O) groups excluding carboxylic acids is 1. The van der Waals surface area contributed by atoms with Crippen LogP contribution in [0.2, 0.25) is 0 Å². The first-order valence-corrected chi connectivity index (χ1v) is 8.28. The smallest absolute Gasteiger partial charge is 0.268 e. The van der Waals surface area contributed by atoms with Gasteiger partial charge in [0.05, 0.1) is 0 Å². The normalized spacial score (nSPS) is 18.8. The Balaban J connectivity index is 2.19. The molecule has 1 aromatic rings. The van der Waals surface area contributed by atoms with E-state index in [9.17, 15) is 13.2 Å². The van der Waals surface area contributed by atoms with Crippen molar-refractivity contribution in [2.45, 2.75) is 49.5 Å². The number of carbonyl (C=O) groups is 1. The molecule has 6 nitrogen and oxygen atoms in total. The monoisotopic (exact) mass is 299 g/mol. The molecule has 1 aliphatic rings. The summed E-state index contributed by atoms with van der Waals surface area (Å²) < 4.78 is 24.1. The summed E-state index contributed by atoms with van der Waals surface area (Å²) in [7, 11) is -2.16. The van der Waals surface area contributed by atoms with Gasteiger partial charge in [-0.25, -0.2) is 13.6 Å². The molecule has 20 heavy (non-hydrogen) atoms. The lowest BCUT2D eigenvalue weighted by molar-refractivity contribution is 0.0874. The zero-order valence-electron chi connectivity index (χ0n) is 11.8. The minimum atomic E-state index is -3.79. The fourth-order valence-corrected chi connectivity index (χ4v) is 3.29. The molecular weight excluding hydrogens is 278 g/mol. The number of aryl methyl sites for hydroxylation is 1. The Labute approximate surface area is 119 Å². The lowest BCUT2D eigenvalue weighted by Crippen LogP contribution is -2.47. The van der Waals surface area contributed by atoms with Crippen molar-refractivity contribution in [1.29, 1.82) is 0 Å². The SMILES string of the molecule is Cn1cc(S(N)(=O)=O)cc1C(=O)NC1(C)CCCCC1. The van der Waals surface area contributed by atoms with Gasteiger partial charge in [-0.3, -0.25) is 4.79 Å². The number of nitrogens with one attached hydrogen (secondary N) is 1. The van der Waals surface area contributed by atoms with E-state index in [0.29, 0.717) is 5.69 Å². The minimum absolute atomic E-state index is 0.0426. The second-order valence-electron chi connectivity index (χ2n) is 5.79. The standard InChI is InChI=1S/C13H21N3O3S/c1-13(6-4-3-5-7-13)15-12(17)11-8-10(9-16(11)2)20(14,18)19/h8-9H,3-7H2,1-2H3,(H,15,17)(H2,14,18,19). The van der Waals surface area contributed by atoms with E-state index in [1.807, 2.05) is 6.92 Å². The van der Waals surface area contributed by atoms with Gasteiger partial charge in [-0.2, -0.15) is 0 Å². The molecule has 1 amide bonds. The van der Waals surface area contributed by atoms with Gasteiger partial charge in [0.25, 0.3) is 5.91 Å². The van der Waals surface area contributed by atoms with Crippen LogP contribution in [-0.2, 0) is 17.1 Å². The van der Waals surface area contributed by atoms with Crippen molar-refractivity contribution in [3.8, 4) is 0 Å². The molecule has 0 spiro atoms. The van der Waals surface area contributed by atoms with Gasteiger partial charge >= 0.3 is 0 Å². The van der Waals surface area contributed by atoms with E-state index < -0.39 is 10.0 Å². The summed E-state index contributed by atoms with van der Waals surface area (Å²) in [6.07, 6.45) is 6.66. The molecule has 0 aromatic carbocycles. The average Bonchev–Trinajstić information content (AvgIpc) is 2.71. The van der Waals surface area contributed by atoms with Crippen LogP contribution in [0.15, 0.2) is 17.2 Å². The third kappa shape index (κ3) is 3.21. The summed E-state index contributed by atoms with van der Waals surface area (Å²) in [6, 6.07) is 1.32. The van der Waals surface area contributed by atoms with Crippen molar-refractivity contribution in [3.05, 3.63) is 18.0 Å². The third-order valence-corrected chi connectivity index (χ3v) is 4.79. The molecule has 1 aromatic heterocycles. The quantitative estimate of drug-likeness (QED) is 0.875. The van der Waals surface area contributed by atoms with E-state index in [2.05, 4.69) is 5.32 Å². The maximum atomic E-state index is 12.3. The Morgan fingerprint density at radius 3 is 2.45 bits per heavy atom. The summed E-state index contributed by atoms with van der Waals surface area (Å²) in [5.74, 6) is -0.258. The number of aromatic nitrogens is 1.